The first-order chi connectivity index (χ1) is 20.0. The Morgan fingerprint density at radius 3 is 2.58 bits per heavy atom. The maximum atomic E-state index is 13.1. The van der Waals surface area contributed by atoms with Gasteiger partial charge in [0, 0.05) is 6.92 Å². The molecule has 0 aliphatic carbocycles. The van der Waals surface area contributed by atoms with E-state index in [2.05, 4.69) is 25.0 Å². The van der Waals surface area contributed by atoms with Crippen LogP contribution in [0, 0.1) is 5.92 Å². The number of ether oxygens (including phenoxy) is 4. The lowest BCUT2D eigenvalue weighted by atomic mass is 10.1. The summed E-state index contributed by atoms with van der Waals surface area (Å²) in [6.07, 6.45) is -3.60. The molecule has 4 N–H and O–H groups in total. The smallest absolute Gasteiger partial charge is 0.408 e. The molecule has 38 heavy (non-hydrogen) atoms. The van der Waals surface area contributed by atoms with E-state index in [0.717, 1.165) is 17.8 Å². The SMILES string of the molecule is [2H]C([2H])(OC(C)=O)C([2H])(OCn1cnc2c(=O)[nH]c(N)nc21)C([2H])([2H])OC(=O)[C@H](NC(=O)OCc1ccccc1)C(C)C. The molecule has 0 saturated heterocycles. The number of H-pyrrole nitrogens is 1. The Labute approximate surface area is 224 Å². The number of hydrogen-bond donors (Lipinski definition) is 3. The molecule has 2 aromatic heterocycles. The summed E-state index contributed by atoms with van der Waals surface area (Å²) in [4.78, 5) is 59.2. The molecule has 1 amide bonds. The van der Waals surface area contributed by atoms with Crippen LogP contribution in [0.2, 0.25) is 0 Å². The topological polar surface area (TPSA) is 190 Å². The van der Waals surface area contributed by atoms with Crippen molar-refractivity contribution in [2.75, 3.05) is 18.9 Å². The number of nitrogen functional groups attached to an aromatic ring is 1. The van der Waals surface area contributed by atoms with Crippen molar-refractivity contribution in [2.45, 2.75) is 46.2 Å². The third kappa shape index (κ3) is 8.03. The molecular weight excluding hydrogens is 500 g/mol. The van der Waals surface area contributed by atoms with Crippen LogP contribution in [-0.2, 0) is 41.9 Å². The van der Waals surface area contributed by atoms with Crippen molar-refractivity contribution >= 4 is 35.1 Å². The first-order valence-electron chi connectivity index (χ1n) is 13.7. The van der Waals surface area contributed by atoms with Crippen LogP contribution in [0.25, 0.3) is 11.2 Å². The average molecular weight is 536 g/mol. The second kappa shape index (κ2) is 13.2. The van der Waals surface area contributed by atoms with Crippen molar-refractivity contribution in [3.63, 3.8) is 0 Å². The second-order valence-electron chi connectivity index (χ2n) is 8.09. The number of esters is 2. The van der Waals surface area contributed by atoms with E-state index >= 15 is 0 Å². The molecule has 14 nitrogen and oxygen atoms in total. The Kier molecular flexibility index (Phi) is 7.50. The van der Waals surface area contributed by atoms with Gasteiger partial charge in [-0.3, -0.25) is 19.1 Å². The van der Waals surface area contributed by atoms with E-state index in [4.69, 9.17) is 26.8 Å². The summed E-state index contributed by atoms with van der Waals surface area (Å²) >= 11 is 0. The zero-order valence-corrected chi connectivity index (χ0v) is 20.7. The van der Waals surface area contributed by atoms with E-state index in [1.54, 1.807) is 30.3 Å². The van der Waals surface area contributed by atoms with Gasteiger partial charge in [-0.05, 0) is 11.5 Å². The molecule has 0 aliphatic rings. The number of benzene rings is 1. The van der Waals surface area contributed by atoms with Crippen LogP contribution in [0.1, 0.15) is 33.2 Å². The Bertz CT molecular complexity index is 1530. The van der Waals surface area contributed by atoms with Crippen LogP contribution in [0.4, 0.5) is 10.7 Å². The van der Waals surface area contributed by atoms with Gasteiger partial charge in [0.1, 0.15) is 38.6 Å². The van der Waals surface area contributed by atoms with Gasteiger partial charge in [-0.1, -0.05) is 44.2 Å². The zero-order valence-electron chi connectivity index (χ0n) is 25.7. The van der Waals surface area contributed by atoms with Gasteiger partial charge < -0.3 is 30.0 Å². The van der Waals surface area contributed by atoms with E-state index in [0.29, 0.717) is 5.56 Å². The molecule has 0 aliphatic heterocycles. The summed E-state index contributed by atoms with van der Waals surface area (Å²) < 4.78 is 62.7. The standard InChI is InChI=1S/C24H30N6O8/c1-14(2)18(27-24(34)37-9-16-7-5-4-6-8-16)22(33)36-11-17(10-35-15(3)31)38-13-30-12-26-19-20(30)28-23(25)29-21(19)32/h4-8,12,14,17-18H,9-11,13H2,1-3H3,(H,27,34)(H3,25,28,29,32)/t17?,18-/m1/s1/i10D2,11D2,17D. The predicted molar refractivity (Wildman–Crippen MR) is 133 cm³/mol. The molecule has 204 valence electrons. The molecule has 1 unspecified atom stereocenters. The molecule has 1 aromatic carbocycles. The minimum atomic E-state index is -3.67. The van der Waals surface area contributed by atoms with Crippen LogP contribution in [0.5, 0.6) is 0 Å². The number of nitrogens with one attached hydrogen (secondary N) is 2. The number of imidazole rings is 1. The van der Waals surface area contributed by atoms with Crippen molar-refractivity contribution in [2.24, 2.45) is 5.92 Å². The van der Waals surface area contributed by atoms with Crippen molar-refractivity contribution in [1.82, 2.24) is 24.8 Å². The number of alkyl carbamates (subject to hydrolysis) is 1. The molecule has 0 spiro atoms. The molecule has 0 bridgehead atoms. The second-order valence-corrected chi connectivity index (χ2v) is 8.09. The van der Waals surface area contributed by atoms with Crippen molar-refractivity contribution < 1.29 is 40.2 Å². The quantitative estimate of drug-likeness (QED) is 0.222. The van der Waals surface area contributed by atoms with Gasteiger partial charge in [0.25, 0.3) is 5.56 Å². The van der Waals surface area contributed by atoms with E-state index in [1.807, 2.05) is 0 Å². The monoisotopic (exact) mass is 535 g/mol. The van der Waals surface area contributed by atoms with Gasteiger partial charge in [0.15, 0.2) is 11.2 Å². The minimum Gasteiger partial charge on any atom is -0.463 e. The fraction of sp³-hybridized carbons (Fsp3) is 0.417. The van der Waals surface area contributed by atoms with Gasteiger partial charge >= 0.3 is 18.0 Å². The van der Waals surface area contributed by atoms with E-state index in [1.165, 1.54) is 13.8 Å². The highest BCUT2D eigenvalue weighted by atomic mass is 16.6. The summed E-state index contributed by atoms with van der Waals surface area (Å²) in [6, 6.07) is 7.13. The molecule has 2 heterocycles. The largest absolute Gasteiger partial charge is 0.463 e. The van der Waals surface area contributed by atoms with Crippen LogP contribution in [-0.4, -0.2) is 62.8 Å². The molecule has 2 atom stereocenters. The lowest BCUT2D eigenvalue weighted by Crippen LogP contribution is -2.46. The van der Waals surface area contributed by atoms with Crippen LogP contribution in [0.3, 0.4) is 0 Å². The third-order valence-electron chi connectivity index (χ3n) is 4.78. The number of nitrogens with zero attached hydrogens (tertiary/aromatic N) is 3. The molecule has 0 fully saturated rings. The Morgan fingerprint density at radius 1 is 1.18 bits per heavy atom. The summed E-state index contributed by atoms with van der Waals surface area (Å²) in [6.45, 7) is -4.45. The molecular formula is C24H30N6O8. The highest BCUT2D eigenvalue weighted by Gasteiger charge is 2.28. The number of rotatable bonds is 12. The summed E-state index contributed by atoms with van der Waals surface area (Å²) in [7, 11) is 0. The normalized spacial score (nSPS) is 16.2. The summed E-state index contributed by atoms with van der Waals surface area (Å²) in [5.41, 5.74) is 5.15. The van der Waals surface area contributed by atoms with Crippen molar-refractivity contribution in [3.8, 4) is 0 Å². The molecule has 0 saturated carbocycles. The first kappa shape index (κ1) is 21.6. The Hall–Kier alpha value is -4.46. The predicted octanol–water partition coefficient (Wildman–Crippen LogP) is 1.10. The van der Waals surface area contributed by atoms with Crippen molar-refractivity contribution in [1.29, 1.82) is 0 Å². The Morgan fingerprint density at radius 2 is 1.89 bits per heavy atom. The number of fused-ring (bicyclic) bond motifs is 1. The number of hydrogen-bond acceptors (Lipinski definition) is 11. The average Bonchev–Trinajstić information content (AvgIpc) is 3.31. The van der Waals surface area contributed by atoms with Gasteiger partial charge in [-0.2, -0.15) is 4.98 Å². The van der Waals surface area contributed by atoms with E-state index in [-0.39, 0.29) is 23.7 Å². The number of anilines is 1. The van der Waals surface area contributed by atoms with E-state index in [9.17, 15) is 19.2 Å². The van der Waals surface area contributed by atoms with Gasteiger partial charge in [-0.15, -0.1) is 0 Å². The van der Waals surface area contributed by atoms with Crippen LogP contribution >= 0.6 is 0 Å². The van der Waals surface area contributed by atoms with Gasteiger partial charge in [-0.25, -0.2) is 14.6 Å². The van der Waals surface area contributed by atoms with Crippen LogP contribution in [0.15, 0.2) is 41.5 Å². The third-order valence-corrected chi connectivity index (χ3v) is 4.78. The number of carbonyl (C=O) groups is 3. The number of amides is 1. The summed E-state index contributed by atoms with van der Waals surface area (Å²) in [5.74, 6) is -3.65. The maximum absolute atomic E-state index is 13.1. The number of nitrogens with two attached hydrogens (primary N) is 1. The first-order valence-corrected chi connectivity index (χ1v) is 11.2. The fourth-order valence-corrected chi connectivity index (χ4v) is 2.95. The molecule has 0 radical (unpaired) electrons. The highest BCUT2D eigenvalue weighted by molar-refractivity contribution is 5.81. The van der Waals surface area contributed by atoms with Gasteiger partial charge in [0.05, 0.1) is 13.2 Å². The Balaban J connectivity index is 1.85. The van der Waals surface area contributed by atoms with Gasteiger partial charge in [0.2, 0.25) is 5.95 Å². The lowest BCUT2D eigenvalue weighted by Gasteiger charge is -2.23. The number of carbonyl (C=O) groups excluding carboxylic acids is 3. The molecule has 3 rings (SSSR count). The molecule has 14 heteroatoms. The maximum Gasteiger partial charge on any atom is 0.408 e. The zero-order chi connectivity index (χ0) is 32.2. The highest BCUT2D eigenvalue weighted by Crippen LogP contribution is 2.10. The number of aromatic amines is 1. The van der Waals surface area contributed by atoms with Crippen LogP contribution < -0.4 is 16.6 Å². The fourth-order valence-electron chi connectivity index (χ4n) is 2.95. The summed E-state index contributed by atoms with van der Waals surface area (Å²) in [5, 5.41) is 2.27. The lowest BCUT2D eigenvalue weighted by molar-refractivity contribution is -0.158. The minimum absolute atomic E-state index is 0.130. The molecule has 3 aromatic rings. The number of aromatic nitrogens is 4. The van der Waals surface area contributed by atoms with Crippen molar-refractivity contribution in [3.05, 3.63) is 52.6 Å². The van der Waals surface area contributed by atoms with E-state index < -0.39 is 61.5 Å².